The largest absolute Gasteiger partial charge is 0.444 e. The van der Waals surface area contributed by atoms with Crippen LogP contribution in [0, 0.1) is 6.92 Å². The minimum Gasteiger partial charge on any atom is -0.444 e. The second-order valence-electron chi connectivity index (χ2n) is 4.47. The molecule has 5 heteroatoms. The number of hydrogen-bond donors (Lipinski definition) is 1. The second kappa shape index (κ2) is 5.35. The summed E-state index contributed by atoms with van der Waals surface area (Å²) in [6.07, 6.45) is 0. The van der Waals surface area contributed by atoms with Crippen molar-refractivity contribution in [2.24, 2.45) is 0 Å². The molecule has 0 spiro atoms. The summed E-state index contributed by atoms with van der Waals surface area (Å²) < 4.78 is 5.53. The quantitative estimate of drug-likeness (QED) is 0.688. The van der Waals surface area contributed by atoms with Gasteiger partial charge in [-0.1, -0.05) is 29.8 Å². The Labute approximate surface area is 126 Å². The van der Waals surface area contributed by atoms with E-state index >= 15 is 0 Å². The van der Waals surface area contributed by atoms with Gasteiger partial charge in [0.25, 0.3) is 0 Å². The van der Waals surface area contributed by atoms with E-state index in [0.29, 0.717) is 16.9 Å². The van der Waals surface area contributed by atoms with Crippen molar-refractivity contribution in [1.29, 1.82) is 0 Å². The van der Waals surface area contributed by atoms with Gasteiger partial charge in [0.05, 0.1) is 11.4 Å². The number of hydrogen-bond acceptors (Lipinski definition) is 3. The van der Waals surface area contributed by atoms with Crippen LogP contribution >= 0.6 is 23.2 Å². The maximum atomic E-state index is 6.16. The molecule has 0 aliphatic rings. The second-order valence-corrected chi connectivity index (χ2v) is 5.20. The SMILES string of the molecule is Cc1nc(Cl)ccc1NCc1c(Cl)oc2ccccc12. The first-order valence-corrected chi connectivity index (χ1v) is 6.93. The minimum atomic E-state index is 0.415. The number of pyridine rings is 1. The fourth-order valence-corrected chi connectivity index (χ4v) is 2.58. The molecular weight excluding hydrogens is 295 g/mol. The van der Waals surface area contributed by atoms with Gasteiger partial charge in [0.2, 0.25) is 0 Å². The molecule has 3 aromatic rings. The molecule has 0 amide bonds. The first-order valence-electron chi connectivity index (χ1n) is 6.18. The molecular formula is C15H12Cl2N2O. The van der Waals surface area contributed by atoms with Gasteiger partial charge in [-0.05, 0) is 36.7 Å². The number of rotatable bonds is 3. The lowest BCUT2D eigenvalue weighted by Gasteiger charge is -2.08. The monoisotopic (exact) mass is 306 g/mol. The number of para-hydroxylation sites is 1. The molecule has 0 aliphatic carbocycles. The Morgan fingerprint density at radius 2 is 1.95 bits per heavy atom. The Balaban J connectivity index is 1.88. The van der Waals surface area contributed by atoms with E-state index < -0.39 is 0 Å². The van der Waals surface area contributed by atoms with Crippen LogP contribution in [-0.2, 0) is 6.54 Å². The van der Waals surface area contributed by atoms with Crippen molar-refractivity contribution in [2.75, 3.05) is 5.32 Å². The maximum absolute atomic E-state index is 6.16. The Kier molecular flexibility index (Phi) is 3.55. The van der Waals surface area contributed by atoms with Crippen molar-refractivity contribution >= 4 is 39.9 Å². The van der Waals surface area contributed by atoms with Gasteiger partial charge in [0.15, 0.2) is 5.22 Å². The van der Waals surface area contributed by atoms with E-state index in [9.17, 15) is 0 Å². The van der Waals surface area contributed by atoms with Gasteiger partial charge in [0.1, 0.15) is 10.7 Å². The highest BCUT2D eigenvalue weighted by Gasteiger charge is 2.12. The fraction of sp³-hybridized carbons (Fsp3) is 0.133. The zero-order valence-electron chi connectivity index (χ0n) is 10.8. The predicted octanol–water partition coefficient (Wildman–Crippen LogP) is 5.06. The Morgan fingerprint density at radius 1 is 1.15 bits per heavy atom. The highest BCUT2D eigenvalue weighted by Crippen LogP contribution is 2.30. The van der Waals surface area contributed by atoms with Crippen LogP contribution in [0.5, 0.6) is 0 Å². The molecule has 3 rings (SSSR count). The summed E-state index contributed by atoms with van der Waals surface area (Å²) in [4.78, 5) is 4.20. The molecule has 0 atom stereocenters. The van der Waals surface area contributed by atoms with Crippen LogP contribution in [0.25, 0.3) is 11.0 Å². The maximum Gasteiger partial charge on any atom is 0.199 e. The van der Waals surface area contributed by atoms with Crippen LogP contribution in [0.15, 0.2) is 40.8 Å². The molecule has 1 aromatic carbocycles. The number of fused-ring (bicyclic) bond motifs is 1. The van der Waals surface area contributed by atoms with E-state index in [2.05, 4.69) is 10.3 Å². The summed E-state index contributed by atoms with van der Waals surface area (Å²) >= 11 is 12.0. The van der Waals surface area contributed by atoms with Gasteiger partial charge >= 0.3 is 0 Å². The van der Waals surface area contributed by atoms with Crippen molar-refractivity contribution in [3.8, 4) is 0 Å². The lowest BCUT2D eigenvalue weighted by Crippen LogP contribution is -2.02. The highest BCUT2D eigenvalue weighted by atomic mass is 35.5. The zero-order chi connectivity index (χ0) is 14.1. The number of aryl methyl sites for hydroxylation is 1. The van der Waals surface area contributed by atoms with Crippen LogP contribution in [-0.4, -0.2) is 4.98 Å². The summed E-state index contributed by atoms with van der Waals surface area (Å²) in [5.74, 6) is 0. The number of nitrogens with one attached hydrogen (secondary N) is 1. The molecule has 3 nitrogen and oxygen atoms in total. The number of aromatic nitrogens is 1. The molecule has 102 valence electrons. The summed E-state index contributed by atoms with van der Waals surface area (Å²) in [6, 6.07) is 11.4. The van der Waals surface area contributed by atoms with E-state index in [4.69, 9.17) is 27.6 Å². The molecule has 20 heavy (non-hydrogen) atoms. The Hall–Kier alpha value is -1.71. The summed E-state index contributed by atoms with van der Waals surface area (Å²) in [7, 11) is 0. The molecule has 2 aromatic heterocycles. The topological polar surface area (TPSA) is 38.1 Å². The van der Waals surface area contributed by atoms with Crippen molar-refractivity contribution in [2.45, 2.75) is 13.5 Å². The van der Waals surface area contributed by atoms with Crippen LogP contribution in [0.2, 0.25) is 10.4 Å². The smallest absolute Gasteiger partial charge is 0.199 e. The molecule has 0 unspecified atom stereocenters. The zero-order valence-corrected chi connectivity index (χ0v) is 12.3. The summed E-state index contributed by atoms with van der Waals surface area (Å²) in [6.45, 7) is 2.48. The number of nitrogens with zero attached hydrogens (tertiary/aromatic N) is 1. The van der Waals surface area contributed by atoms with Gasteiger partial charge in [-0.25, -0.2) is 4.98 Å². The van der Waals surface area contributed by atoms with Gasteiger partial charge in [-0.2, -0.15) is 0 Å². The Morgan fingerprint density at radius 3 is 2.75 bits per heavy atom. The highest BCUT2D eigenvalue weighted by molar-refractivity contribution is 6.31. The lowest BCUT2D eigenvalue weighted by atomic mass is 10.1. The molecule has 0 aliphatic heterocycles. The van der Waals surface area contributed by atoms with Crippen molar-refractivity contribution < 1.29 is 4.42 Å². The van der Waals surface area contributed by atoms with Crippen LogP contribution in [0.4, 0.5) is 5.69 Å². The van der Waals surface area contributed by atoms with Crippen molar-refractivity contribution in [1.82, 2.24) is 4.98 Å². The van der Waals surface area contributed by atoms with Crippen LogP contribution in [0.3, 0.4) is 0 Å². The first kappa shape index (κ1) is 13.3. The normalized spacial score (nSPS) is 10.9. The van der Waals surface area contributed by atoms with Gasteiger partial charge in [-0.3, -0.25) is 0 Å². The van der Waals surface area contributed by atoms with E-state index in [1.54, 1.807) is 6.07 Å². The third kappa shape index (κ3) is 2.47. The van der Waals surface area contributed by atoms with E-state index in [1.807, 2.05) is 37.3 Å². The first-order chi connectivity index (χ1) is 9.65. The van der Waals surface area contributed by atoms with Crippen molar-refractivity contribution in [3.63, 3.8) is 0 Å². The third-order valence-electron chi connectivity index (χ3n) is 3.16. The van der Waals surface area contributed by atoms with E-state index in [-0.39, 0.29) is 0 Å². The molecule has 1 N–H and O–H groups in total. The van der Waals surface area contributed by atoms with E-state index in [1.165, 1.54) is 0 Å². The number of halogens is 2. The molecule has 0 saturated heterocycles. The predicted molar refractivity (Wildman–Crippen MR) is 82.5 cm³/mol. The van der Waals surface area contributed by atoms with E-state index in [0.717, 1.165) is 27.9 Å². The minimum absolute atomic E-state index is 0.415. The number of anilines is 1. The number of benzene rings is 1. The average molecular weight is 307 g/mol. The van der Waals surface area contributed by atoms with Gasteiger partial charge in [0, 0.05) is 17.5 Å². The number of furan rings is 1. The Bertz CT molecular complexity index is 768. The molecule has 0 fully saturated rings. The van der Waals surface area contributed by atoms with Crippen LogP contribution < -0.4 is 5.32 Å². The molecule has 0 bridgehead atoms. The summed E-state index contributed by atoms with van der Waals surface area (Å²) in [5.41, 5.74) is 3.51. The average Bonchev–Trinajstić information content (AvgIpc) is 2.74. The van der Waals surface area contributed by atoms with Crippen molar-refractivity contribution in [3.05, 3.63) is 58.0 Å². The molecule has 2 heterocycles. The van der Waals surface area contributed by atoms with Gasteiger partial charge < -0.3 is 9.73 Å². The van der Waals surface area contributed by atoms with Crippen LogP contribution in [0.1, 0.15) is 11.3 Å². The standard InChI is InChI=1S/C15H12Cl2N2O/c1-9-12(6-7-14(16)19-9)18-8-11-10-4-2-3-5-13(10)20-15(11)17/h2-7,18H,8H2,1H3. The summed E-state index contributed by atoms with van der Waals surface area (Å²) in [5, 5.41) is 5.23. The third-order valence-corrected chi connectivity index (χ3v) is 3.67. The lowest BCUT2D eigenvalue weighted by molar-refractivity contribution is 0.613. The molecule has 0 saturated carbocycles. The molecule has 0 radical (unpaired) electrons. The van der Waals surface area contributed by atoms with Gasteiger partial charge in [-0.15, -0.1) is 0 Å². The fourth-order valence-electron chi connectivity index (χ4n) is 2.13.